The van der Waals surface area contributed by atoms with Gasteiger partial charge in [0.05, 0.1) is 5.69 Å². The maximum atomic E-state index is 14.3. The molecule has 0 atom stereocenters. The minimum atomic E-state index is -0.323. The molecule has 2 heterocycles. The first kappa shape index (κ1) is 17.8. The molecule has 0 aliphatic heterocycles. The molecule has 28 heavy (non-hydrogen) atoms. The maximum absolute atomic E-state index is 14.3. The average molecular weight is 372 g/mol. The van der Waals surface area contributed by atoms with Crippen molar-refractivity contribution in [3.05, 3.63) is 84.3 Å². The van der Waals surface area contributed by atoms with Gasteiger partial charge in [-0.1, -0.05) is 36.9 Å². The number of nitrogens with one attached hydrogen (secondary N) is 1. The fourth-order valence-electron chi connectivity index (χ4n) is 3.06. The van der Waals surface area contributed by atoms with Gasteiger partial charge in [-0.25, -0.2) is 9.37 Å². The second-order valence-electron chi connectivity index (χ2n) is 6.57. The van der Waals surface area contributed by atoms with Crippen LogP contribution in [-0.4, -0.2) is 27.6 Å². The molecule has 2 aromatic heterocycles. The summed E-state index contributed by atoms with van der Waals surface area (Å²) in [5, 5.41) is 17.3. The molecular weight excluding hydrogens is 354 g/mol. The Balaban J connectivity index is 1.73. The van der Waals surface area contributed by atoms with Crippen LogP contribution in [-0.2, 0) is 6.54 Å². The van der Waals surface area contributed by atoms with Crippen molar-refractivity contribution in [2.45, 2.75) is 6.54 Å². The van der Waals surface area contributed by atoms with Crippen molar-refractivity contribution >= 4 is 30.5 Å². The summed E-state index contributed by atoms with van der Waals surface area (Å²) in [4.78, 5) is 4.59. The van der Waals surface area contributed by atoms with E-state index in [1.165, 1.54) is 6.07 Å². The van der Waals surface area contributed by atoms with Crippen LogP contribution in [0.4, 0.5) is 10.2 Å². The van der Waals surface area contributed by atoms with E-state index in [9.17, 15) is 9.50 Å². The van der Waals surface area contributed by atoms with Crippen molar-refractivity contribution in [3.8, 4) is 11.3 Å². The lowest BCUT2D eigenvalue weighted by atomic mass is 10.0. The van der Waals surface area contributed by atoms with Crippen LogP contribution in [0.15, 0.2) is 67.4 Å². The van der Waals surface area contributed by atoms with E-state index in [1.807, 2.05) is 26.0 Å². The van der Waals surface area contributed by atoms with Crippen molar-refractivity contribution < 1.29 is 9.50 Å². The molecule has 0 fully saturated rings. The molecule has 0 aliphatic carbocycles. The highest BCUT2D eigenvalue weighted by Gasteiger charge is 2.13. The van der Waals surface area contributed by atoms with Gasteiger partial charge in [-0.2, -0.15) is 9.61 Å². The van der Waals surface area contributed by atoms with Crippen molar-refractivity contribution in [2.24, 2.45) is 0 Å². The van der Waals surface area contributed by atoms with Crippen molar-refractivity contribution in [1.29, 1.82) is 0 Å². The number of fused-ring (bicyclic) bond motifs is 1. The van der Waals surface area contributed by atoms with Crippen LogP contribution in [0.25, 0.3) is 22.7 Å². The second kappa shape index (κ2) is 7.19. The zero-order valence-electron chi connectivity index (χ0n) is 15.4. The highest BCUT2D eigenvalue weighted by atomic mass is 19.1. The highest BCUT2D eigenvalue weighted by molar-refractivity contribution is 6.36. The SMILES string of the molecule is Bc1cnn2c(NCc3cccc(C(=C)O)c3)cc(-c3ccccc3F)nc12. The first-order valence-corrected chi connectivity index (χ1v) is 8.84. The molecule has 7 heteroatoms. The predicted octanol–water partition coefficient (Wildman–Crippen LogP) is 2.93. The van der Waals surface area contributed by atoms with Gasteiger partial charge in [0.25, 0.3) is 0 Å². The first-order chi connectivity index (χ1) is 13.5. The van der Waals surface area contributed by atoms with Crippen LogP contribution in [0.5, 0.6) is 0 Å². The normalized spacial score (nSPS) is 10.9. The van der Waals surface area contributed by atoms with Crippen LogP contribution < -0.4 is 10.8 Å². The van der Waals surface area contributed by atoms with E-state index in [1.54, 1.807) is 41.0 Å². The Labute approximate surface area is 162 Å². The number of anilines is 1. The smallest absolute Gasteiger partial charge is 0.151 e. The third-order valence-corrected chi connectivity index (χ3v) is 4.53. The highest BCUT2D eigenvalue weighted by Crippen LogP contribution is 2.24. The third kappa shape index (κ3) is 3.34. The lowest BCUT2D eigenvalue weighted by Gasteiger charge is -2.12. The summed E-state index contributed by atoms with van der Waals surface area (Å²) in [5.74, 6) is 0.402. The van der Waals surface area contributed by atoms with Crippen LogP contribution >= 0.6 is 0 Å². The lowest BCUT2D eigenvalue weighted by molar-refractivity contribution is 0.513. The Hall–Kier alpha value is -3.61. The van der Waals surface area contributed by atoms with E-state index in [2.05, 4.69) is 22.0 Å². The zero-order valence-corrected chi connectivity index (χ0v) is 15.4. The summed E-state index contributed by atoms with van der Waals surface area (Å²) in [6.45, 7) is 4.06. The summed E-state index contributed by atoms with van der Waals surface area (Å²) < 4.78 is 16.0. The van der Waals surface area contributed by atoms with Crippen molar-refractivity contribution in [2.75, 3.05) is 5.32 Å². The first-order valence-electron chi connectivity index (χ1n) is 8.84. The molecule has 0 saturated carbocycles. The molecule has 0 radical (unpaired) electrons. The number of rotatable bonds is 5. The lowest BCUT2D eigenvalue weighted by Crippen LogP contribution is -2.10. The van der Waals surface area contributed by atoms with Gasteiger partial charge in [0.2, 0.25) is 0 Å². The number of nitrogens with zero attached hydrogens (tertiary/aromatic N) is 3. The average Bonchev–Trinajstić information content (AvgIpc) is 3.08. The Bertz CT molecular complexity index is 1190. The molecule has 2 N–H and O–H groups in total. The van der Waals surface area contributed by atoms with Crippen LogP contribution in [0.3, 0.4) is 0 Å². The minimum absolute atomic E-state index is 0.0256. The fraction of sp³-hybridized carbons (Fsp3) is 0.0476. The zero-order chi connectivity index (χ0) is 19.7. The van der Waals surface area contributed by atoms with E-state index in [0.717, 1.165) is 11.0 Å². The monoisotopic (exact) mass is 372 g/mol. The number of hydrogen-bond donors (Lipinski definition) is 2. The molecule has 138 valence electrons. The molecule has 4 rings (SSSR count). The Morgan fingerprint density at radius 2 is 2.00 bits per heavy atom. The molecule has 0 spiro atoms. The topological polar surface area (TPSA) is 62.5 Å². The van der Waals surface area contributed by atoms with Crippen LogP contribution in [0, 0.1) is 5.82 Å². The van der Waals surface area contributed by atoms with Gasteiger partial charge in [-0.05, 0) is 29.2 Å². The maximum Gasteiger partial charge on any atom is 0.151 e. The molecule has 4 aromatic rings. The summed E-state index contributed by atoms with van der Waals surface area (Å²) >= 11 is 0. The van der Waals surface area contributed by atoms with Gasteiger partial charge in [0.15, 0.2) is 5.65 Å². The molecule has 0 bridgehead atoms. The number of halogens is 1. The number of aromatic nitrogens is 3. The van der Waals surface area contributed by atoms with Gasteiger partial charge in [-0.3, -0.25) is 0 Å². The largest absolute Gasteiger partial charge is 0.508 e. The van der Waals surface area contributed by atoms with E-state index < -0.39 is 0 Å². The Kier molecular flexibility index (Phi) is 4.57. The third-order valence-electron chi connectivity index (χ3n) is 4.53. The molecule has 5 nitrogen and oxygen atoms in total. The Morgan fingerprint density at radius 3 is 2.79 bits per heavy atom. The van der Waals surface area contributed by atoms with Crippen LogP contribution in [0.1, 0.15) is 11.1 Å². The molecule has 0 unspecified atom stereocenters. The van der Waals surface area contributed by atoms with Gasteiger partial charge in [-0.15, -0.1) is 0 Å². The van der Waals surface area contributed by atoms with E-state index in [-0.39, 0.29) is 11.6 Å². The molecule has 2 aromatic carbocycles. The van der Waals surface area contributed by atoms with Gasteiger partial charge >= 0.3 is 0 Å². The molecule has 0 amide bonds. The quantitative estimate of drug-likeness (QED) is 0.418. The van der Waals surface area contributed by atoms with Crippen LogP contribution in [0.2, 0.25) is 0 Å². The number of hydrogen-bond acceptors (Lipinski definition) is 4. The van der Waals surface area contributed by atoms with E-state index >= 15 is 0 Å². The number of aliphatic hydroxyl groups excluding tert-OH is 1. The standard InChI is InChI=1S/C21H18BFN4O/c1-13(28)15-6-4-5-14(9-15)11-24-20-10-19(16-7-2-3-8-18(16)23)26-21-17(22)12-25-27(20)21/h2-10,12,24,28H,1,11,22H2. The molecule has 0 saturated heterocycles. The number of aliphatic hydroxyl groups is 1. The summed E-state index contributed by atoms with van der Waals surface area (Å²) in [5.41, 5.74) is 4.18. The second-order valence-corrected chi connectivity index (χ2v) is 6.57. The molecule has 0 aliphatic rings. The van der Waals surface area contributed by atoms with Gasteiger partial charge in [0, 0.05) is 29.9 Å². The Morgan fingerprint density at radius 1 is 1.18 bits per heavy atom. The van der Waals surface area contributed by atoms with Crippen molar-refractivity contribution in [3.63, 3.8) is 0 Å². The fourth-order valence-corrected chi connectivity index (χ4v) is 3.06. The number of benzene rings is 2. The van der Waals surface area contributed by atoms with Gasteiger partial charge < -0.3 is 10.4 Å². The summed E-state index contributed by atoms with van der Waals surface area (Å²) in [6.07, 6.45) is 1.73. The van der Waals surface area contributed by atoms with Gasteiger partial charge in [0.1, 0.15) is 25.2 Å². The van der Waals surface area contributed by atoms with E-state index in [0.29, 0.717) is 34.8 Å². The van der Waals surface area contributed by atoms with Crippen molar-refractivity contribution in [1.82, 2.24) is 14.6 Å². The predicted molar refractivity (Wildman–Crippen MR) is 112 cm³/mol. The summed E-state index contributed by atoms with van der Waals surface area (Å²) in [6, 6.07) is 15.8. The summed E-state index contributed by atoms with van der Waals surface area (Å²) in [7, 11) is 1.92. The van der Waals surface area contributed by atoms with E-state index in [4.69, 9.17) is 0 Å². The molecular formula is C21H18BFN4O. The minimum Gasteiger partial charge on any atom is -0.508 e.